The molecule has 0 aromatic carbocycles. The molecule has 1 aliphatic heterocycles. The second-order valence-corrected chi connectivity index (χ2v) is 7.15. The zero-order valence-corrected chi connectivity index (χ0v) is 13.7. The summed E-state index contributed by atoms with van der Waals surface area (Å²) in [6.45, 7) is 4.08. The Balaban J connectivity index is 2.12. The number of hydrogen-bond acceptors (Lipinski definition) is 3. The van der Waals surface area contributed by atoms with Crippen LogP contribution >= 0.6 is 38.9 Å². The highest BCUT2D eigenvalue weighted by Crippen LogP contribution is 2.38. The number of ether oxygens (including phenoxy) is 1. The topological polar surface area (TPSA) is 21.3 Å². The van der Waals surface area contributed by atoms with Crippen LogP contribution in [0.2, 0.25) is 4.34 Å². The summed E-state index contributed by atoms with van der Waals surface area (Å²) >= 11 is 11.3. The van der Waals surface area contributed by atoms with E-state index in [-0.39, 0.29) is 12.1 Å². The van der Waals surface area contributed by atoms with Crippen LogP contribution in [0.4, 0.5) is 0 Å². The summed E-state index contributed by atoms with van der Waals surface area (Å²) < 4.78 is 7.74. The van der Waals surface area contributed by atoms with Crippen molar-refractivity contribution >= 4 is 38.9 Å². The Morgan fingerprint density at radius 3 is 3.00 bits per heavy atom. The van der Waals surface area contributed by atoms with Crippen molar-refractivity contribution in [2.24, 2.45) is 0 Å². The standard InChI is InChI=1S/C13H19BrClNOS/c1-2-6-16-12(10-5-3-4-7-17-10)11-8-9(14)13(15)18-11/h8,10,12,16H,2-7H2,1H3. The van der Waals surface area contributed by atoms with Gasteiger partial charge >= 0.3 is 0 Å². The Morgan fingerprint density at radius 1 is 1.61 bits per heavy atom. The average molecular weight is 353 g/mol. The zero-order valence-electron chi connectivity index (χ0n) is 10.5. The lowest BCUT2D eigenvalue weighted by Crippen LogP contribution is -2.35. The van der Waals surface area contributed by atoms with Crippen LogP contribution in [0.5, 0.6) is 0 Å². The van der Waals surface area contributed by atoms with Crippen molar-refractivity contribution in [3.63, 3.8) is 0 Å². The fourth-order valence-corrected chi connectivity index (χ4v) is 4.13. The van der Waals surface area contributed by atoms with Crippen LogP contribution in [0.1, 0.15) is 43.5 Å². The van der Waals surface area contributed by atoms with Gasteiger partial charge in [-0.1, -0.05) is 18.5 Å². The molecule has 5 heteroatoms. The number of hydrogen-bond donors (Lipinski definition) is 1. The third-order valence-corrected chi connectivity index (χ3v) is 5.73. The molecule has 2 rings (SSSR count). The second kappa shape index (κ2) is 7.25. The molecule has 0 amide bonds. The highest BCUT2D eigenvalue weighted by Gasteiger charge is 2.27. The van der Waals surface area contributed by atoms with Gasteiger partial charge < -0.3 is 10.1 Å². The molecule has 18 heavy (non-hydrogen) atoms. The Morgan fingerprint density at radius 2 is 2.44 bits per heavy atom. The maximum atomic E-state index is 6.15. The van der Waals surface area contributed by atoms with Gasteiger partial charge in [-0.25, -0.2) is 0 Å². The van der Waals surface area contributed by atoms with Crippen molar-refractivity contribution in [2.75, 3.05) is 13.2 Å². The Kier molecular flexibility index (Phi) is 5.96. The van der Waals surface area contributed by atoms with Gasteiger partial charge in [-0.3, -0.25) is 0 Å². The second-order valence-electron chi connectivity index (χ2n) is 4.61. The summed E-state index contributed by atoms with van der Waals surface area (Å²) in [4.78, 5) is 1.27. The minimum atomic E-state index is 0.277. The molecule has 1 aromatic rings. The SMILES string of the molecule is CCCNC(c1cc(Br)c(Cl)s1)C1CCCCO1. The van der Waals surface area contributed by atoms with Gasteiger partial charge in [0.25, 0.3) is 0 Å². The molecule has 0 bridgehead atoms. The summed E-state index contributed by atoms with van der Waals surface area (Å²) in [5.74, 6) is 0. The molecule has 0 spiro atoms. The largest absolute Gasteiger partial charge is 0.376 e. The number of thiophene rings is 1. The molecule has 0 saturated carbocycles. The molecule has 102 valence electrons. The zero-order chi connectivity index (χ0) is 13.0. The summed E-state index contributed by atoms with van der Waals surface area (Å²) in [7, 11) is 0. The molecular weight excluding hydrogens is 334 g/mol. The van der Waals surface area contributed by atoms with E-state index in [1.165, 1.54) is 17.7 Å². The molecule has 2 unspecified atom stereocenters. The molecule has 1 aliphatic rings. The molecule has 2 heterocycles. The van der Waals surface area contributed by atoms with Crippen molar-refractivity contribution in [1.82, 2.24) is 5.32 Å². The van der Waals surface area contributed by atoms with E-state index in [9.17, 15) is 0 Å². The lowest BCUT2D eigenvalue weighted by atomic mass is 10.0. The van der Waals surface area contributed by atoms with E-state index in [1.54, 1.807) is 11.3 Å². The van der Waals surface area contributed by atoms with Gasteiger partial charge in [0.15, 0.2) is 0 Å². The molecule has 1 fully saturated rings. The van der Waals surface area contributed by atoms with Crippen LogP contribution in [0.3, 0.4) is 0 Å². The first-order valence-electron chi connectivity index (χ1n) is 6.52. The Hall–Kier alpha value is 0.390. The maximum Gasteiger partial charge on any atom is 0.107 e. The fourth-order valence-electron chi connectivity index (χ4n) is 2.26. The molecule has 1 saturated heterocycles. The predicted octanol–water partition coefficient (Wildman–Crippen LogP) is 4.77. The summed E-state index contributed by atoms with van der Waals surface area (Å²) in [6, 6.07) is 2.40. The van der Waals surface area contributed by atoms with Crippen LogP contribution in [-0.2, 0) is 4.74 Å². The van der Waals surface area contributed by atoms with Gasteiger partial charge in [-0.15, -0.1) is 11.3 Å². The van der Waals surface area contributed by atoms with Gasteiger partial charge in [0, 0.05) is 16.0 Å². The first-order chi connectivity index (χ1) is 8.72. The maximum absolute atomic E-state index is 6.15. The highest BCUT2D eigenvalue weighted by atomic mass is 79.9. The van der Waals surface area contributed by atoms with Gasteiger partial charge in [0.2, 0.25) is 0 Å². The Labute approximate surface area is 126 Å². The van der Waals surface area contributed by atoms with Crippen LogP contribution in [-0.4, -0.2) is 19.3 Å². The molecule has 2 atom stereocenters. The number of rotatable bonds is 5. The summed E-state index contributed by atoms with van der Waals surface area (Å²) in [5, 5.41) is 3.60. The van der Waals surface area contributed by atoms with Gasteiger partial charge in [-0.2, -0.15) is 0 Å². The first-order valence-corrected chi connectivity index (χ1v) is 8.50. The number of nitrogens with one attached hydrogen (secondary N) is 1. The normalized spacial score (nSPS) is 22.1. The summed E-state index contributed by atoms with van der Waals surface area (Å²) in [5.41, 5.74) is 0. The van der Waals surface area contributed by atoms with E-state index < -0.39 is 0 Å². The van der Waals surface area contributed by atoms with Crippen molar-refractivity contribution in [2.45, 2.75) is 44.8 Å². The number of halogens is 2. The predicted molar refractivity (Wildman–Crippen MR) is 81.7 cm³/mol. The van der Waals surface area contributed by atoms with Crippen LogP contribution in [0.25, 0.3) is 0 Å². The van der Waals surface area contributed by atoms with E-state index in [1.807, 2.05) is 0 Å². The lowest BCUT2D eigenvalue weighted by molar-refractivity contribution is -0.00741. The smallest absolute Gasteiger partial charge is 0.107 e. The minimum absolute atomic E-state index is 0.277. The highest BCUT2D eigenvalue weighted by molar-refractivity contribution is 9.10. The van der Waals surface area contributed by atoms with E-state index in [4.69, 9.17) is 16.3 Å². The molecule has 2 nitrogen and oxygen atoms in total. The first kappa shape index (κ1) is 14.8. The fraction of sp³-hybridized carbons (Fsp3) is 0.692. The van der Waals surface area contributed by atoms with Gasteiger partial charge in [-0.05, 0) is 54.2 Å². The van der Waals surface area contributed by atoms with Crippen molar-refractivity contribution in [1.29, 1.82) is 0 Å². The van der Waals surface area contributed by atoms with Crippen LogP contribution in [0.15, 0.2) is 10.5 Å². The van der Waals surface area contributed by atoms with Gasteiger partial charge in [0.05, 0.1) is 12.1 Å². The Bertz CT molecular complexity index is 360. The molecule has 0 radical (unpaired) electrons. The van der Waals surface area contributed by atoms with Crippen LogP contribution in [0, 0.1) is 0 Å². The van der Waals surface area contributed by atoms with Gasteiger partial charge in [0.1, 0.15) is 4.34 Å². The third-order valence-electron chi connectivity index (χ3n) is 3.17. The van der Waals surface area contributed by atoms with E-state index >= 15 is 0 Å². The third kappa shape index (κ3) is 3.70. The molecular formula is C13H19BrClNOS. The lowest BCUT2D eigenvalue weighted by Gasteiger charge is -2.30. The van der Waals surface area contributed by atoms with Crippen molar-refractivity contribution in [3.05, 3.63) is 19.8 Å². The molecule has 0 aliphatic carbocycles. The quantitative estimate of drug-likeness (QED) is 0.824. The van der Waals surface area contributed by atoms with E-state index in [2.05, 4.69) is 34.2 Å². The molecule has 1 aromatic heterocycles. The minimum Gasteiger partial charge on any atom is -0.376 e. The van der Waals surface area contributed by atoms with E-state index in [0.717, 1.165) is 34.8 Å². The van der Waals surface area contributed by atoms with Crippen molar-refractivity contribution < 1.29 is 4.74 Å². The van der Waals surface area contributed by atoms with Crippen LogP contribution < -0.4 is 5.32 Å². The van der Waals surface area contributed by atoms with E-state index in [0.29, 0.717) is 0 Å². The monoisotopic (exact) mass is 351 g/mol. The molecule has 1 N–H and O–H groups in total. The van der Waals surface area contributed by atoms with Crippen molar-refractivity contribution in [3.8, 4) is 0 Å². The summed E-state index contributed by atoms with van der Waals surface area (Å²) in [6.07, 6.45) is 4.99. The average Bonchev–Trinajstić information content (AvgIpc) is 2.71.